The molecule has 1 unspecified atom stereocenters. The Morgan fingerprint density at radius 1 is 1.69 bits per heavy atom. The van der Waals surface area contributed by atoms with Crippen molar-refractivity contribution < 1.29 is 4.55 Å². The minimum atomic E-state index is -1.12. The van der Waals surface area contributed by atoms with Crippen LogP contribution < -0.4 is 5.73 Å². The van der Waals surface area contributed by atoms with Gasteiger partial charge in [-0.05, 0) is 36.5 Å². The van der Waals surface area contributed by atoms with Crippen LogP contribution in [0.15, 0.2) is 17.2 Å². The lowest BCUT2D eigenvalue weighted by Gasteiger charge is -2.12. The highest BCUT2D eigenvalue weighted by Crippen LogP contribution is 2.47. The molecule has 84 valence electrons. The summed E-state index contributed by atoms with van der Waals surface area (Å²) in [6, 6.07) is 4.07. The first-order valence-corrected chi connectivity index (χ1v) is 6.50. The van der Waals surface area contributed by atoms with E-state index in [2.05, 4.69) is 11.1 Å². The molecule has 1 aromatic rings. The minimum absolute atomic E-state index is 0.303. The van der Waals surface area contributed by atoms with Gasteiger partial charge in [0.05, 0.1) is 11.5 Å². The van der Waals surface area contributed by atoms with E-state index in [-0.39, 0.29) is 0 Å². The van der Waals surface area contributed by atoms with Gasteiger partial charge >= 0.3 is 0 Å². The highest BCUT2D eigenvalue weighted by Gasteiger charge is 2.45. The van der Waals surface area contributed by atoms with E-state index in [1.165, 1.54) is 0 Å². The van der Waals surface area contributed by atoms with Crippen LogP contribution in [0, 0.1) is 11.3 Å². The number of nitrogens with two attached hydrogens (primary N) is 1. The van der Waals surface area contributed by atoms with E-state index in [0.717, 1.165) is 18.4 Å². The summed E-state index contributed by atoms with van der Waals surface area (Å²) in [6.45, 7) is 1.83. The van der Waals surface area contributed by atoms with Crippen LogP contribution in [0.3, 0.4) is 0 Å². The lowest BCUT2D eigenvalue weighted by molar-refractivity contribution is 0.596. The largest absolute Gasteiger partial charge is 0.611 e. The lowest BCUT2D eigenvalue weighted by atomic mass is 10.00. The predicted molar refractivity (Wildman–Crippen MR) is 62.1 cm³/mol. The summed E-state index contributed by atoms with van der Waals surface area (Å²) in [7, 11) is 0. The van der Waals surface area contributed by atoms with Crippen molar-refractivity contribution in [3.63, 3.8) is 0 Å². The molecule has 4 nitrogen and oxygen atoms in total. The van der Waals surface area contributed by atoms with Gasteiger partial charge in [-0.3, -0.25) is 0 Å². The number of hydrogen-bond acceptors (Lipinski definition) is 4. The van der Waals surface area contributed by atoms with Gasteiger partial charge < -0.3 is 10.3 Å². The molecule has 2 N–H and O–H groups in total. The van der Waals surface area contributed by atoms with Crippen molar-refractivity contribution in [3.8, 4) is 6.07 Å². The first-order valence-electron chi connectivity index (χ1n) is 5.18. The highest BCUT2D eigenvalue weighted by molar-refractivity contribution is 7.91. The number of rotatable bonds is 3. The molecular formula is C11H13N3OS. The molecule has 1 aromatic heterocycles. The fourth-order valence-electron chi connectivity index (χ4n) is 1.64. The van der Waals surface area contributed by atoms with Crippen LogP contribution in [-0.4, -0.2) is 15.3 Å². The van der Waals surface area contributed by atoms with Crippen molar-refractivity contribution in [3.05, 3.63) is 17.8 Å². The summed E-state index contributed by atoms with van der Waals surface area (Å²) in [5.41, 5.74) is 6.14. The van der Waals surface area contributed by atoms with Crippen LogP contribution >= 0.6 is 0 Å². The van der Waals surface area contributed by atoms with E-state index in [0.29, 0.717) is 16.5 Å². The van der Waals surface area contributed by atoms with Crippen molar-refractivity contribution in [1.82, 2.24) is 4.98 Å². The molecule has 0 bridgehead atoms. The van der Waals surface area contributed by atoms with Crippen LogP contribution in [0.5, 0.6) is 0 Å². The first-order chi connectivity index (χ1) is 7.63. The lowest BCUT2D eigenvalue weighted by Crippen LogP contribution is -2.12. The summed E-state index contributed by atoms with van der Waals surface area (Å²) in [5, 5.41) is 9.08. The summed E-state index contributed by atoms with van der Waals surface area (Å²) < 4.78 is 11.7. The molecular weight excluding hydrogens is 222 g/mol. The Hall–Kier alpha value is -1.25. The molecule has 1 saturated carbocycles. The Balaban J connectivity index is 2.41. The number of nitrogen functional groups attached to an aromatic ring is 1. The normalized spacial score (nSPS) is 18.8. The number of hydrogen-bond donors (Lipinski definition) is 1. The van der Waals surface area contributed by atoms with E-state index in [1.54, 1.807) is 12.3 Å². The van der Waals surface area contributed by atoms with Gasteiger partial charge in [0.25, 0.3) is 0 Å². The zero-order valence-corrected chi connectivity index (χ0v) is 9.88. The second-order valence-electron chi connectivity index (χ2n) is 3.94. The number of nitriles is 1. The predicted octanol–water partition coefficient (Wildman–Crippen LogP) is 1.35. The molecule has 1 fully saturated rings. The molecule has 0 amide bonds. The van der Waals surface area contributed by atoms with Gasteiger partial charge in [-0.15, -0.1) is 0 Å². The highest BCUT2D eigenvalue weighted by atomic mass is 32.2. The van der Waals surface area contributed by atoms with Crippen molar-refractivity contribution >= 4 is 17.0 Å². The number of anilines is 1. The molecule has 1 aliphatic carbocycles. The van der Waals surface area contributed by atoms with E-state index < -0.39 is 16.6 Å². The van der Waals surface area contributed by atoms with Crippen molar-refractivity contribution in [2.75, 3.05) is 11.5 Å². The smallest absolute Gasteiger partial charge is 0.195 e. The summed E-state index contributed by atoms with van der Waals surface area (Å²) in [5.74, 6) is 0.812. The third-order valence-electron chi connectivity index (χ3n) is 2.91. The minimum Gasteiger partial charge on any atom is -0.611 e. The van der Waals surface area contributed by atoms with Gasteiger partial charge in [0.2, 0.25) is 0 Å². The molecule has 0 radical (unpaired) electrons. The fourth-order valence-corrected chi connectivity index (χ4v) is 2.50. The maximum absolute atomic E-state index is 11.7. The number of pyridine rings is 1. The Morgan fingerprint density at radius 3 is 2.88 bits per heavy atom. The molecule has 2 rings (SSSR count). The van der Waals surface area contributed by atoms with Gasteiger partial charge in [-0.1, -0.05) is 0 Å². The topological polar surface area (TPSA) is 85.8 Å². The summed E-state index contributed by atoms with van der Waals surface area (Å²) >= 11 is -1.12. The van der Waals surface area contributed by atoms with E-state index >= 15 is 0 Å². The Kier molecular flexibility index (Phi) is 2.78. The molecule has 0 spiro atoms. The van der Waals surface area contributed by atoms with Crippen LogP contribution in [0.2, 0.25) is 0 Å². The van der Waals surface area contributed by atoms with Crippen LogP contribution in [0.1, 0.15) is 25.3 Å². The Morgan fingerprint density at radius 2 is 2.38 bits per heavy atom. The second-order valence-corrected chi connectivity index (χ2v) is 5.64. The van der Waals surface area contributed by atoms with Gasteiger partial charge in [0.15, 0.2) is 10.7 Å². The van der Waals surface area contributed by atoms with Crippen molar-refractivity contribution in [2.45, 2.75) is 30.1 Å². The SMILES string of the molecule is CC[S+]([O-])c1cc(C2(C#N)CC2)cnc1N. The first kappa shape index (κ1) is 11.2. The molecule has 0 aromatic carbocycles. The zero-order chi connectivity index (χ0) is 11.8. The van der Waals surface area contributed by atoms with Crippen LogP contribution in [-0.2, 0) is 16.6 Å². The fraction of sp³-hybridized carbons (Fsp3) is 0.455. The van der Waals surface area contributed by atoms with Crippen LogP contribution in [0.25, 0.3) is 0 Å². The molecule has 16 heavy (non-hydrogen) atoms. The zero-order valence-electron chi connectivity index (χ0n) is 9.06. The maximum Gasteiger partial charge on any atom is 0.195 e. The van der Waals surface area contributed by atoms with E-state index in [4.69, 9.17) is 11.0 Å². The molecule has 1 aliphatic rings. The average molecular weight is 235 g/mol. The Bertz CT molecular complexity index is 451. The molecule has 0 saturated heterocycles. The molecule has 1 heterocycles. The third-order valence-corrected chi connectivity index (χ3v) is 4.25. The van der Waals surface area contributed by atoms with Crippen molar-refractivity contribution in [2.24, 2.45) is 0 Å². The van der Waals surface area contributed by atoms with Gasteiger partial charge in [-0.25, -0.2) is 4.98 Å². The van der Waals surface area contributed by atoms with E-state index in [1.807, 2.05) is 6.92 Å². The third kappa shape index (κ3) is 1.75. The molecule has 1 atom stereocenters. The van der Waals surface area contributed by atoms with E-state index in [9.17, 15) is 4.55 Å². The maximum atomic E-state index is 11.7. The average Bonchev–Trinajstić information content (AvgIpc) is 3.09. The molecule has 5 heteroatoms. The second kappa shape index (κ2) is 3.96. The molecule has 0 aliphatic heterocycles. The van der Waals surface area contributed by atoms with Gasteiger partial charge in [0, 0.05) is 12.3 Å². The van der Waals surface area contributed by atoms with Crippen LogP contribution in [0.4, 0.5) is 5.82 Å². The van der Waals surface area contributed by atoms with Gasteiger partial charge in [-0.2, -0.15) is 5.26 Å². The summed E-state index contributed by atoms with van der Waals surface area (Å²) in [6.07, 6.45) is 3.34. The number of nitrogens with zero attached hydrogens (tertiary/aromatic N) is 2. The monoisotopic (exact) mass is 235 g/mol. The van der Waals surface area contributed by atoms with Gasteiger partial charge in [0.1, 0.15) is 5.75 Å². The summed E-state index contributed by atoms with van der Waals surface area (Å²) in [4.78, 5) is 4.59. The Labute approximate surface area is 97.7 Å². The quantitative estimate of drug-likeness (QED) is 0.801. The standard InChI is InChI=1S/C11H13N3OS/c1-2-16(15)9-5-8(6-14-10(9)13)11(7-12)3-4-11/h5-6H,2-4H2,1H3,(H2,13,14). The number of aromatic nitrogens is 1. The van der Waals surface area contributed by atoms with Crippen molar-refractivity contribution in [1.29, 1.82) is 5.26 Å².